The molecule has 0 aliphatic rings. The van der Waals surface area contributed by atoms with Crippen LogP contribution >= 0.6 is 0 Å². The summed E-state index contributed by atoms with van der Waals surface area (Å²) in [7, 11) is 0. The zero-order valence-corrected chi connectivity index (χ0v) is 14.6. The van der Waals surface area contributed by atoms with Gasteiger partial charge in [-0.05, 0) is 68.3 Å². The van der Waals surface area contributed by atoms with Crippen molar-refractivity contribution >= 4 is 23.0 Å². The number of anilines is 3. The van der Waals surface area contributed by atoms with Crippen LogP contribution in [0.5, 0.6) is 0 Å². The molecule has 0 aliphatic heterocycles. The average Bonchev–Trinajstić information content (AvgIpc) is 2.56. The van der Waals surface area contributed by atoms with Gasteiger partial charge in [-0.1, -0.05) is 23.8 Å². The van der Waals surface area contributed by atoms with E-state index in [0.717, 1.165) is 22.6 Å². The maximum Gasteiger partial charge on any atom is 0.274 e. The minimum absolute atomic E-state index is 0.229. The summed E-state index contributed by atoms with van der Waals surface area (Å²) in [5.74, 6) is -0.229. The van der Waals surface area contributed by atoms with Gasteiger partial charge in [-0.25, -0.2) is 0 Å². The fraction of sp³-hybridized carbons (Fsp3) is 0.143. The van der Waals surface area contributed by atoms with Crippen molar-refractivity contribution in [1.82, 2.24) is 4.98 Å². The zero-order valence-electron chi connectivity index (χ0n) is 14.6. The molecule has 1 heterocycles. The Hall–Kier alpha value is -3.14. The maximum absolute atomic E-state index is 12.4. The van der Waals surface area contributed by atoms with Gasteiger partial charge in [0.05, 0.1) is 0 Å². The van der Waals surface area contributed by atoms with Gasteiger partial charge in [0, 0.05) is 23.3 Å². The predicted octanol–water partition coefficient (Wildman–Crippen LogP) is 5.00. The molecule has 0 unspecified atom stereocenters. The molecule has 4 nitrogen and oxygen atoms in total. The lowest BCUT2D eigenvalue weighted by molar-refractivity contribution is 0.102. The highest BCUT2D eigenvalue weighted by Crippen LogP contribution is 2.20. The molecular weight excluding hydrogens is 310 g/mol. The fourth-order valence-corrected chi connectivity index (χ4v) is 2.68. The topological polar surface area (TPSA) is 54.0 Å². The Morgan fingerprint density at radius 3 is 2.12 bits per heavy atom. The van der Waals surface area contributed by atoms with Crippen LogP contribution in [-0.2, 0) is 0 Å². The predicted molar refractivity (Wildman–Crippen MR) is 103 cm³/mol. The van der Waals surface area contributed by atoms with Crippen LogP contribution in [0.25, 0.3) is 0 Å². The summed E-state index contributed by atoms with van der Waals surface area (Å²) in [6.45, 7) is 6.13. The average molecular weight is 331 g/mol. The van der Waals surface area contributed by atoms with E-state index < -0.39 is 0 Å². The Labute approximate surface area is 147 Å². The highest BCUT2D eigenvalue weighted by molar-refractivity contribution is 6.03. The molecule has 0 atom stereocenters. The van der Waals surface area contributed by atoms with Crippen molar-refractivity contribution in [3.05, 3.63) is 83.2 Å². The van der Waals surface area contributed by atoms with Crippen LogP contribution in [0, 0.1) is 20.8 Å². The normalized spacial score (nSPS) is 10.4. The van der Waals surface area contributed by atoms with Gasteiger partial charge in [0.25, 0.3) is 5.91 Å². The smallest absolute Gasteiger partial charge is 0.274 e. The molecule has 0 saturated carbocycles. The van der Waals surface area contributed by atoms with E-state index in [1.54, 1.807) is 12.3 Å². The first-order valence-electron chi connectivity index (χ1n) is 8.19. The summed E-state index contributed by atoms with van der Waals surface area (Å²) in [5, 5.41) is 6.20. The third-order valence-corrected chi connectivity index (χ3v) is 3.81. The van der Waals surface area contributed by atoms with Gasteiger partial charge in [-0.15, -0.1) is 0 Å². The Morgan fingerprint density at radius 1 is 0.760 bits per heavy atom. The number of hydrogen-bond acceptors (Lipinski definition) is 3. The molecule has 4 heteroatoms. The van der Waals surface area contributed by atoms with Crippen molar-refractivity contribution in [1.29, 1.82) is 0 Å². The fourth-order valence-electron chi connectivity index (χ4n) is 2.68. The van der Waals surface area contributed by atoms with Gasteiger partial charge >= 0.3 is 0 Å². The molecular formula is C21H21N3O. The van der Waals surface area contributed by atoms with E-state index in [-0.39, 0.29) is 5.91 Å². The van der Waals surface area contributed by atoms with Crippen molar-refractivity contribution < 1.29 is 4.79 Å². The highest BCUT2D eigenvalue weighted by Gasteiger charge is 2.09. The number of hydrogen-bond donors (Lipinski definition) is 2. The zero-order chi connectivity index (χ0) is 17.8. The summed E-state index contributed by atoms with van der Waals surface area (Å²) in [5.41, 5.74) is 6.47. The molecule has 1 aromatic heterocycles. The number of aromatic nitrogens is 1. The molecule has 2 aromatic carbocycles. The molecule has 25 heavy (non-hydrogen) atoms. The Morgan fingerprint density at radius 2 is 1.44 bits per heavy atom. The molecule has 0 spiro atoms. The number of carbonyl (C=O) groups is 1. The van der Waals surface area contributed by atoms with Crippen molar-refractivity contribution in [2.75, 3.05) is 10.6 Å². The third kappa shape index (κ3) is 4.44. The Kier molecular flexibility index (Phi) is 4.80. The first-order valence-corrected chi connectivity index (χ1v) is 8.19. The lowest BCUT2D eigenvalue weighted by Crippen LogP contribution is -2.13. The molecule has 0 saturated heterocycles. The number of rotatable bonds is 4. The third-order valence-electron chi connectivity index (χ3n) is 3.81. The molecule has 1 amide bonds. The second-order valence-electron chi connectivity index (χ2n) is 6.25. The number of carbonyl (C=O) groups excluding carboxylic acids is 1. The number of benzene rings is 2. The Balaban J connectivity index is 1.76. The maximum atomic E-state index is 12.4. The van der Waals surface area contributed by atoms with Gasteiger partial charge in [-0.3, -0.25) is 9.78 Å². The number of amides is 1. The van der Waals surface area contributed by atoms with E-state index in [4.69, 9.17) is 0 Å². The monoisotopic (exact) mass is 331 g/mol. The second kappa shape index (κ2) is 7.18. The standard InChI is InChI=1S/C21H21N3O/c1-14-4-6-17(7-5-14)24-21(25)20-13-18(8-9-22-20)23-19-11-15(2)10-16(3)12-19/h4-13H,1-3H3,(H,22,23)(H,24,25). The van der Waals surface area contributed by atoms with Crippen LogP contribution in [-0.4, -0.2) is 10.9 Å². The largest absolute Gasteiger partial charge is 0.355 e. The van der Waals surface area contributed by atoms with E-state index >= 15 is 0 Å². The van der Waals surface area contributed by atoms with E-state index in [1.807, 2.05) is 37.3 Å². The van der Waals surface area contributed by atoms with Gasteiger partial charge in [0.2, 0.25) is 0 Å². The molecule has 0 fully saturated rings. The lowest BCUT2D eigenvalue weighted by atomic mass is 10.1. The summed E-state index contributed by atoms with van der Waals surface area (Å²) < 4.78 is 0. The molecule has 0 radical (unpaired) electrons. The molecule has 126 valence electrons. The van der Waals surface area contributed by atoms with Crippen LogP contribution in [0.1, 0.15) is 27.2 Å². The molecule has 3 rings (SSSR count). The minimum Gasteiger partial charge on any atom is -0.355 e. The molecule has 2 N–H and O–H groups in total. The van der Waals surface area contributed by atoms with E-state index in [1.165, 1.54) is 11.1 Å². The van der Waals surface area contributed by atoms with Crippen LogP contribution in [0.15, 0.2) is 60.8 Å². The highest BCUT2D eigenvalue weighted by atomic mass is 16.1. The molecule has 0 aliphatic carbocycles. The number of aryl methyl sites for hydroxylation is 3. The van der Waals surface area contributed by atoms with Crippen molar-refractivity contribution in [3.8, 4) is 0 Å². The van der Waals surface area contributed by atoms with Crippen LogP contribution < -0.4 is 10.6 Å². The molecule has 0 bridgehead atoms. The summed E-state index contributed by atoms with van der Waals surface area (Å²) in [6.07, 6.45) is 1.63. The number of pyridine rings is 1. The van der Waals surface area contributed by atoms with Crippen LogP contribution in [0.2, 0.25) is 0 Å². The summed E-state index contributed by atoms with van der Waals surface area (Å²) in [6, 6.07) is 17.5. The first-order chi connectivity index (χ1) is 12.0. The lowest BCUT2D eigenvalue weighted by Gasteiger charge is -2.10. The summed E-state index contributed by atoms with van der Waals surface area (Å²) in [4.78, 5) is 16.6. The first kappa shape index (κ1) is 16.7. The van der Waals surface area contributed by atoms with Crippen molar-refractivity contribution in [2.24, 2.45) is 0 Å². The molecule has 3 aromatic rings. The van der Waals surface area contributed by atoms with Gasteiger partial charge < -0.3 is 10.6 Å². The van der Waals surface area contributed by atoms with Crippen LogP contribution in [0.3, 0.4) is 0 Å². The quantitative estimate of drug-likeness (QED) is 0.707. The van der Waals surface area contributed by atoms with Gasteiger partial charge in [0.1, 0.15) is 5.69 Å². The van der Waals surface area contributed by atoms with Gasteiger partial charge in [0.15, 0.2) is 0 Å². The summed E-state index contributed by atoms with van der Waals surface area (Å²) >= 11 is 0. The Bertz CT molecular complexity index is 881. The minimum atomic E-state index is -0.229. The van der Waals surface area contributed by atoms with Crippen LogP contribution in [0.4, 0.5) is 17.1 Å². The number of nitrogens with one attached hydrogen (secondary N) is 2. The second-order valence-corrected chi connectivity index (χ2v) is 6.25. The van der Waals surface area contributed by atoms with Crippen molar-refractivity contribution in [3.63, 3.8) is 0 Å². The van der Waals surface area contributed by atoms with E-state index in [9.17, 15) is 4.79 Å². The van der Waals surface area contributed by atoms with Gasteiger partial charge in [-0.2, -0.15) is 0 Å². The SMILES string of the molecule is Cc1ccc(NC(=O)c2cc(Nc3cc(C)cc(C)c3)ccn2)cc1. The van der Waals surface area contributed by atoms with Crippen molar-refractivity contribution in [2.45, 2.75) is 20.8 Å². The van der Waals surface area contributed by atoms with E-state index in [2.05, 4.69) is 47.7 Å². The number of nitrogens with zero attached hydrogens (tertiary/aromatic N) is 1. The van der Waals surface area contributed by atoms with E-state index in [0.29, 0.717) is 5.69 Å².